The molecule has 584 valence electrons. The number of aromatic nitrogens is 3. The third kappa shape index (κ3) is 15.9. The Kier molecular flexibility index (Phi) is 24.0. The van der Waals surface area contributed by atoms with Crippen molar-refractivity contribution in [1.82, 2.24) is 44.4 Å². The minimum atomic E-state index is -1.44. The van der Waals surface area contributed by atoms with Crippen molar-refractivity contribution in [3.05, 3.63) is 213 Å². The topological polar surface area (TPSA) is 292 Å². The molecular weight excluding hydrogens is 1450 g/mol. The van der Waals surface area contributed by atoms with Crippen molar-refractivity contribution in [3.8, 4) is 17.2 Å². The zero-order valence-corrected chi connectivity index (χ0v) is 61.2. The lowest BCUT2D eigenvalue weighted by Gasteiger charge is -2.42. The second kappa shape index (κ2) is 32.3. The Morgan fingerprint density at radius 1 is 0.505 bits per heavy atom. The molecule has 1 saturated heterocycles. The quantitative estimate of drug-likeness (QED) is 0.0287. The van der Waals surface area contributed by atoms with E-state index in [0.29, 0.717) is 62.1 Å². The second-order valence-corrected chi connectivity index (χ2v) is 28.0. The normalized spacial score (nSPS) is 22.8. The van der Waals surface area contributed by atoms with Gasteiger partial charge in [0.2, 0.25) is 16.3 Å². The fourth-order valence-electron chi connectivity index (χ4n) is 13.9. The summed E-state index contributed by atoms with van der Waals surface area (Å²) in [7, 11) is 3.06. The molecule has 0 aliphatic carbocycles. The molecule has 0 saturated carbocycles. The van der Waals surface area contributed by atoms with Gasteiger partial charge >= 0.3 is 0 Å². The Bertz CT molecular complexity index is 4820. The number of hydrogen-bond donors (Lipinski definition) is 5. The minimum Gasteiger partial charge on any atom is -0.503 e. The number of methoxy groups -OCH3 is 2. The molecule has 3 aromatic heterocycles. The molecule has 5 N–H and O–H groups in total. The van der Waals surface area contributed by atoms with Gasteiger partial charge in [0.25, 0.3) is 35.4 Å². The number of aromatic hydroxyl groups is 1. The molecule has 3 aromatic carbocycles. The Hall–Kier alpha value is -10.5. The van der Waals surface area contributed by atoms with Gasteiger partial charge in [-0.05, 0) is 67.2 Å². The number of unbranched alkanes of at least 4 members (excludes halogenated alkanes) is 2. The zero-order valence-electron chi connectivity index (χ0n) is 61.2. The number of carbonyl (C=O) groups excluding carboxylic acids is 6. The number of amides is 6. The number of benzene rings is 3. The summed E-state index contributed by atoms with van der Waals surface area (Å²) in [6.07, 6.45) is 14.5. The molecule has 6 amide bonds. The van der Waals surface area contributed by atoms with E-state index in [-0.39, 0.29) is 85.1 Å². The molecule has 6 aliphatic heterocycles. The molecule has 33 heteroatoms. The largest absolute Gasteiger partial charge is 0.503 e. The number of pyridine rings is 3. The number of hydrogen-bond acceptors (Lipinski definition) is 15. The Morgan fingerprint density at radius 2 is 0.862 bits per heavy atom. The summed E-state index contributed by atoms with van der Waals surface area (Å²) in [5, 5.41) is 28.7. The molecule has 109 heavy (non-hydrogen) atoms. The van der Waals surface area contributed by atoms with E-state index in [9.17, 15) is 92.9 Å². The van der Waals surface area contributed by atoms with E-state index in [2.05, 4.69) is 16.0 Å². The fraction of sp³-hybridized carbons (Fsp3) is 0.434. The number of aliphatic hydroxyl groups is 1. The van der Waals surface area contributed by atoms with Crippen LogP contribution in [0, 0.1) is 52.4 Å². The molecule has 0 radical (unpaired) electrons. The third-order valence-electron chi connectivity index (χ3n) is 20.9. The summed E-state index contributed by atoms with van der Waals surface area (Å²) < 4.78 is 151. The second-order valence-electron chi connectivity index (χ2n) is 28.0. The zero-order chi connectivity index (χ0) is 79.8. The van der Waals surface area contributed by atoms with Crippen LogP contribution in [0.2, 0.25) is 0 Å². The maximum absolute atomic E-state index is 14.1. The lowest BCUT2D eigenvalue weighted by Crippen LogP contribution is -2.52. The summed E-state index contributed by atoms with van der Waals surface area (Å²) in [6.45, 7) is 13.5. The summed E-state index contributed by atoms with van der Waals surface area (Å²) in [6, 6.07) is 0.332. The number of rotatable bonds is 19. The summed E-state index contributed by atoms with van der Waals surface area (Å²) in [5.41, 5.74) is -9.26. The van der Waals surface area contributed by atoms with Crippen molar-refractivity contribution in [1.29, 1.82) is 0 Å². The molecule has 6 bridgehead atoms. The van der Waals surface area contributed by atoms with E-state index >= 15 is 0 Å². The van der Waals surface area contributed by atoms with Crippen molar-refractivity contribution in [3.63, 3.8) is 0 Å². The molecule has 12 rings (SSSR count). The highest BCUT2D eigenvalue weighted by molar-refractivity contribution is 6.02. The first-order chi connectivity index (χ1) is 51.5. The SMILES string of the molecule is CCCCOc1c2n(cc(C(=O)NCc3c(F)cc(F)cc3F)c1=O)[C@@H]1CN(C2=O)[C@@H](C)C=C[C@]1(C)O.CCCCOc1c2n(cc(C(=O)NCc3c(F)cc(F)cc3F)c1=O)[C@@H]1CN(C2=O)[C@@H](C)C=C[C@]1(C)OC.CO[C@@]1(C)CC[C@H](C)N2C[C@H]1n1cc(C(=O)NCc3c(F)cc(F)cc3F)c(=O)c(O)c1C2=O. The van der Waals surface area contributed by atoms with Crippen LogP contribution in [-0.2, 0) is 29.1 Å². The maximum Gasteiger partial charge on any atom is 0.275 e. The van der Waals surface area contributed by atoms with E-state index in [1.54, 1.807) is 35.8 Å². The molecule has 9 heterocycles. The average Bonchev–Trinajstić information content (AvgIpc) is 1.72. The highest BCUT2D eigenvalue weighted by atomic mass is 19.2. The number of halogens is 9. The van der Waals surface area contributed by atoms with Crippen molar-refractivity contribution >= 4 is 35.4 Å². The van der Waals surface area contributed by atoms with Crippen molar-refractivity contribution < 1.29 is 97.4 Å². The van der Waals surface area contributed by atoms with Crippen molar-refractivity contribution in [2.75, 3.05) is 47.1 Å². The number of fused-ring (bicyclic) bond motifs is 12. The van der Waals surface area contributed by atoms with Crippen LogP contribution in [0.1, 0.15) is 191 Å². The number of nitrogens with zero attached hydrogens (tertiary/aromatic N) is 6. The molecule has 24 nitrogen and oxygen atoms in total. The van der Waals surface area contributed by atoms with Crippen LogP contribution < -0.4 is 41.7 Å². The number of carbonyl (C=O) groups is 6. The van der Waals surface area contributed by atoms with Gasteiger partial charge in [-0.1, -0.05) is 51.0 Å². The molecule has 6 aromatic rings. The predicted octanol–water partition coefficient (Wildman–Crippen LogP) is 9.30. The van der Waals surface area contributed by atoms with E-state index in [0.717, 1.165) is 25.2 Å². The highest BCUT2D eigenvalue weighted by Crippen LogP contribution is 2.44. The van der Waals surface area contributed by atoms with Gasteiger partial charge in [0, 0.05) is 143 Å². The fourth-order valence-corrected chi connectivity index (χ4v) is 13.9. The first kappa shape index (κ1) is 81.0. The summed E-state index contributed by atoms with van der Waals surface area (Å²) >= 11 is 0. The van der Waals surface area contributed by atoms with Crippen LogP contribution in [0.5, 0.6) is 17.2 Å². The smallest absolute Gasteiger partial charge is 0.275 e. The van der Waals surface area contributed by atoms with Gasteiger partial charge in [-0.15, -0.1) is 0 Å². The van der Waals surface area contributed by atoms with Crippen LogP contribution >= 0.6 is 0 Å². The van der Waals surface area contributed by atoms with Gasteiger partial charge in [0.1, 0.15) is 80.2 Å². The molecule has 0 unspecified atom stereocenters. The van der Waals surface area contributed by atoms with Gasteiger partial charge in [-0.3, -0.25) is 43.2 Å². The first-order valence-corrected chi connectivity index (χ1v) is 35.2. The van der Waals surface area contributed by atoms with Gasteiger partial charge in [-0.2, -0.15) is 0 Å². The van der Waals surface area contributed by atoms with Gasteiger partial charge in [0.05, 0.1) is 36.9 Å². The van der Waals surface area contributed by atoms with E-state index in [1.165, 1.54) is 39.0 Å². The monoisotopic (exact) mass is 1530 g/mol. The number of nitrogens with one attached hydrogen (secondary N) is 3. The van der Waals surface area contributed by atoms with Crippen molar-refractivity contribution in [2.24, 2.45) is 0 Å². The summed E-state index contributed by atoms with van der Waals surface area (Å²) in [4.78, 5) is 124. The molecule has 9 atom stereocenters. The van der Waals surface area contributed by atoms with E-state index in [1.807, 2.05) is 53.7 Å². The van der Waals surface area contributed by atoms with Gasteiger partial charge < -0.3 is 73.5 Å². The highest BCUT2D eigenvalue weighted by Gasteiger charge is 2.50. The van der Waals surface area contributed by atoms with E-state index in [4.69, 9.17) is 18.9 Å². The Morgan fingerprint density at radius 3 is 1.26 bits per heavy atom. The Balaban J connectivity index is 0.000000174. The van der Waals surface area contributed by atoms with Crippen LogP contribution in [0.15, 0.2) is 93.7 Å². The lowest BCUT2D eigenvalue weighted by atomic mass is 9.90. The number of ether oxygens (including phenoxy) is 4. The van der Waals surface area contributed by atoms with Gasteiger partial charge in [0.15, 0.2) is 34.3 Å². The molecule has 6 aliphatic rings. The van der Waals surface area contributed by atoms with Crippen LogP contribution in [0.25, 0.3) is 0 Å². The maximum atomic E-state index is 14.1. The first-order valence-electron chi connectivity index (χ1n) is 35.2. The average molecular weight is 1530 g/mol. The Labute approximate surface area is 618 Å². The van der Waals surface area contributed by atoms with Crippen LogP contribution in [0.4, 0.5) is 39.5 Å². The molecule has 0 spiro atoms. The van der Waals surface area contributed by atoms with Crippen LogP contribution in [-0.4, -0.2) is 156 Å². The minimum absolute atomic E-state index is 0.00773. The van der Waals surface area contributed by atoms with Crippen LogP contribution in [0.3, 0.4) is 0 Å². The predicted molar refractivity (Wildman–Crippen MR) is 375 cm³/mol. The third-order valence-corrected chi connectivity index (χ3v) is 20.9. The van der Waals surface area contributed by atoms with Crippen molar-refractivity contribution in [2.45, 2.75) is 167 Å². The summed E-state index contributed by atoms with van der Waals surface area (Å²) in [5.74, 6) is -16.3. The van der Waals surface area contributed by atoms with E-state index < -0.39 is 192 Å². The lowest BCUT2D eigenvalue weighted by molar-refractivity contribution is -0.0462. The van der Waals surface area contributed by atoms with Gasteiger partial charge in [-0.25, -0.2) is 39.5 Å². The molecular formula is C76H82F9N9O15. The standard InChI is InChI=1S/C27H30F3N3O5.C26H28F3N3O5.C23H24F3N3O5/c1-5-6-9-38-24-22-26(36)32-14-21(27(3,37-4)8-7-15(32)2)33(22)13-18(23(24)34)25(35)31-12-17-19(29)10-16(28)11-20(17)30;1-4-5-8-37-23-21-25(35)31-13-20(26(3,36)7-6-14(31)2)32(21)12-17(22(23)33)24(34)30-11-16-18(28)9-15(27)10-19(16)29;1-11-4-5-23(2,34-3)17-10-28(11)22(33)18-20(31)19(30)14(9-29(17)18)21(32)27-8-13-15(25)6-12(24)7-16(13)26/h7-8,10-11,13,15,21H,5-6,9,12,14H2,1-4H3,(H,31,35);6-7,9-10,12,14,20,36H,4-5,8,11,13H2,1-3H3,(H,30,34);6-7,9,11,17,31H,4-5,8,10H2,1-3H3,(H,27,32)/t15-,21+,27-;14-,20+,26-;11-,17+,23-/m000/s1. The molecule has 1 fully saturated rings.